The van der Waals surface area contributed by atoms with Crippen LogP contribution >= 0.6 is 0 Å². The highest BCUT2D eigenvalue weighted by atomic mass is 32.2. The van der Waals surface area contributed by atoms with Crippen molar-refractivity contribution in [1.82, 2.24) is 10.3 Å². The molecule has 23 heavy (non-hydrogen) atoms. The van der Waals surface area contributed by atoms with Crippen LogP contribution in [-0.4, -0.2) is 42.6 Å². The van der Waals surface area contributed by atoms with Gasteiger partial charge in [0.25, 0.3) is 10.1 Å². The SMILES string of the molecule is CNC(=O)Cc1ccc(-c2ccccn2)cc1.CS(=O)(=O)O.O. The fourth-order valence-electron chi connectivity index (χ4n) is 1.60. The molecule has 0 atom stereocenters. The minimum atomic E-state index is -3.67. The van der Waals surface area contributed by atoms with Gasteiger partial charge in [0.1, 0.15) is 0 Å². The number of aromatic nitrogens is 1. The summed E-state index contributed by atoms with van der Waals surface area (Å²) in [6.45, 7) is 0. The summed E-state index contributed by atoms with van der Waals surface area (Å²) >= 11 is 0. The number of rotatable bonds is 3. The van der Waals surface area contributed by atoms with Gasteiger partial charge >= 0.3 is 0 Å². The molecule has 1 aromatic carbocycles. The van der Waals surface area contributed by atoms with E-state index in [4.69, 9.17) is 4.55 Å². The van der Waals surface area contributed by atoms with Crippen LogP contribution in [0.3, 0.4) is 0 Å². The van der Waals surface area contributed by atoms with Crippen LogP contribution in [0.1, 0.15) is 5.56 Å². The average Bonchev–Trinajstić information content (AvgIpc) is 2.47. The largest absolute Gasteiger partial charge is 0.412 e. The third kappa shape index (κ3) is 9.35. The van der Waals surface area contributed by atoms with Crippen LogP contribution in [0.15, 0.2) is 48.7 Å². The van der Waals surface area contributed by atoms with E-state index >= 15 is 0 Å². The van der Waals surface area contributed by atoms with Crippen molar-refractivity contribution in [1.29, 1.82) is 0 Å². The molecule has 0 aliphatic carbocycles. The van der Waals surface area contributed by atoms with Crippen LogP contribution in [0, 0.1) is 0 Å². The molecule has 2 rings (SSSR count). The molecule has 0 radical (unpaired) electrons. The fourth-order valence-corrected chi connectivity index (χ4v) is 1.60. The predicted octanol–water partition coefficient (Wildman–Crippen LogP) is 0.716. The molecule has 0 saturated carbocycles. The molecule has 1 heterocycles. The van der Waals surface area contributed by atoms with Crippen LogP contribution < -0.4 is 5.32 Å². The molecule has 8 heteroatoms. The van der Waals surface area contributed by atoms with Crippen molar-refractivity contribution in [2.75, 3.05) is 13.3 Å². The second-order valence-electron chi connectivity index (χ2n) is 4.49. The Balaban J connectivity index is 0.000000709. The Bertz CT molecular complexity index is 692. The molecule has 1 aromatic heterocycles. The van der Waals surface area contributed by atoms with Gasteiger partial charge in [-0.3, -0.25) is 14.3 Å². The quantitative estimate of drug-likeness (QED) is 0.796. The van der Waals surface area contributed by atoms with Crippen LogP contribution in [0.25, 0.3) is 11.3 Å². The van der Waals surface area contributed by atoms with E-state index in [9.17, 15) is 13.2 Å². The van der Waals surface area contributed by atoms with Gasteiger partial charge in [-0.2, -0.15) is 8.42 Å². The Labute approximate surface area is 135 Å². The Kier molecular flexibility index (Phi) is 8.71. The van der Waals surface area contributed by atoms with Crippen LogP contribution in [0.5, 0.6) is 0 Å². The summed E-state index contributed by atoms with van der Waals surface area (Å²) in [5.41, 5.74) is 3.01. The molecule has 4 N–H and O–H groups in total. The van der Waals surface area contributed by atoms with E-state index < -0.39 is 10.1 Å². The number of carbonyl (C=O) groups excluding carboxylic acids is 1. The van der Waals surface area contributed by atoms with Gasteiger partial charge in [0.05, 0.1) is 18.4 Å². The first-order chi connectivity index (χ1) is 10.3. The normalized spacial score (nSPS) is 9.87. The summed E-state index contributed by atoms with van der Waals surface area (Å²) < 4.78 is 25.9. The third-order valence-corrected chi connectivity index (χ3v) is 2.56. The van der Waals surface area contributed by atoms with Crippen molar-refractivity contribution < 1.29 is 23.2 Å². The fraction of sp³-hybridized carbons (Fsp3) is 0.200. The van der Waals surface area contributed by atoms with E-state index in [1.165, 1.54) is 0 Å². The molecule has 126 valence electrons. The van der Waals surface area contributed by atoms with E-state index in [2.05, 4.69) is 10.3 Å². The standard InChI is InChI=1S/C14H14N2O.CH4O3S.H2O/c1-15-14(17)10-11-5-7-12(8-6-11)13-4-2-3-9-16-13;1-5(2,3)4;/h2-9H,10H2,1H3,(H,15,17);1H3,(H,2,3,4);1H2. The zero-order valence-corrected chi connectivity index (χ0v) is 13.7. The summed E-state index contributed by atoms with van der Waals surface area (Å²) in [5, 5.41) is 2.61. The number of hydrogen-bond acceptors (Lipinski definition) is 4. The molecule has 7 nitrogen and oxygen atoms in total. The monoisotopic (exact) mass is 340 g/mol. The first-order valence-electron chi connectivity index (χ1n) is 6.43. The third-order valence-electron chi connectivity index (χ3n) is 2.56. The zero-order valence-electron chi connectivity index (χ0n) is 12.9. The van der Waals surface area contributed by atoms with E-state index in [-0.39, 0.29) is 11.4 Å². The first-order valence-corrected chi connectivity index (χ1v) is 8.28. The summed E-state index contributed by atoms with van der Waals surface area (Å²) in [6, 6.07) is 13.7. The summed E-state index contributed by atoms with van der Waals surface area (Å²) in [5.74, 6) is 0.0237. The van der Waals surface area contributed by atoms with Gasteiger partial charge in [0.15, 0.2) is 0 Å². The number of nitrogens with one attached hydrogen (secondary N) is 1. The molecule has 0 spiro atoms. The van der Waals surface area contributed by atoms with Crippen LogP contribution in [-0.2, 0) is 21.3 Å². The highest BCUT2D eigenvalue weighted by molar-refractivity contribution is 7.85. The highest BCUT2D eigenvalue weighted by Gasteiger charge is 2.02. The Morgan fingerprint density at radius 1 is 1.17 bits per heavy atom. The Morgan fingerprint density at radius 3 is 2.17 bits per heavy atom. The van der Waals surface area contributed by atoms with Gasteiger partial charge in [0.2, 0.25) is 5.91 Å². The van der Waals surface area contributed by atoms with E-state index in [1.54, 1.807) is 13.2 Å². The molecule has 0 bridgehead atoms. The van der Waals surface area contributed by atoms with Crippen LogP contribution in [0.4, 0.5) is 0 Å². The number of amides is 1. The smallest absolute Gasteiger partial charge is 0.261 e. The van der Waals surface area contributed by atoms with Gasteiger partial charge in [-0.25, -0.2) is 0 Å². The van der Waals surface area contributed by atoms with E-state index in [1.807, 2.05) is 42.5 Å². The number of pyridine rings is 1. The van der Waals surface area contributed by atoms with Gasteiger partial charge in [-0.1, -0.05) is 30.3 Å². The zero-order chi connectivity index (χ0) is 16.6. The lowest BCUT2D eigenvalue weighted by atomic mass is 10.1. The van der Waals surface area contributed by atoms with Gasteiger partial charge in [-0.15, -0.1) is 0 Å². The molecule has 0 aliphatic heterocycles. The number of hydrogen-bond donors (Lipinski definition) is 2. The number of carbonyl (C=O) groups is 1. The van der Waals surface area contributed by atoms with Gasteiger partial charge in [-0.05, 0) is 17.7 Å². The molecular weight excluding hydrogens is 320 g/mol. The lowest BCUT2D eigenvalue weighted by molar-refractivity contribution is -0.119. The maximum absolute atomic E-state index is 11.2. The van der Waals surface area contributed by atoms with Crippen LogP contribution in [0.2, 0.25) is 0 Å². The molecule has 1 amide bonds. The number of likely N-dealkylation sites (N-methyl/N-ethyl adjacent to an activating group) is 1. The molecule has 0 unspecified atom stereocenters. The maximum atomic E-state index is 11.2. The Hall–Kier alpha value is -2.29. The lowest BCUT2D eigenvalue weighted by Gasteiger charge is -2.03. The van der Waals surface area contributed by atoms with Crippen molar-refractivity contribution in [2.45, 2.75) is 6.42 Å². The second kappa shape index (κ2) is 9.67. The Morgan fingerprint density at radius 2 is 1.74 bits per heavy atom. The van der Waals surface area contributed by atoms with E-state index in [0.717, 1.165) is 16.8 Å². The minimum absolute atomic E-state index is 0. The van der Waals surface area contributed by atoms with Crippen molar-refractivity contribution in [3.8, 4) is 11.3 Å². The molecule has 0 saturated heterocycles. The van der Waals surface area contributed by atoms with Crippen molar-refractivity contribution in [3.63, 3.8) is 0 Å². The lowest BCUT2D eigenvalue weighted by Crippen LogP contribution is -2.19. The maximum Gasteiger partial charge on any atom is 0.261 e. The molecular formula is C15H20N2O5S. The van der Waals surface area contributed by atoms with Crippen molar-refractivity contribution in [3.05, 3.63) is 54.2 Å². The predicted molar refractivity (Wildman–Crippen MR) is 88.5 cm³/mol. The topological polar surface area (TPSA) is 128 Å². The number of nitrogens with zero attached hydrogens (tertiary/aromatic N) is 1. The first kappa shape index (κ1) is 20.7. The summed E-state index contributed by atoms with van der Waals surface area (Å²) in [6.07, 6.45) is 2.90. The highest BCUT2D eigenvalue weighted by Crippen LogP contribution is 2.16. The number of benzene rings is 1. The van der Waals surface area contributed by atoms with Crippen molar-refractivity contribution in [2.24, 2.45) is 0 Å². The minimum Gasteiger partial charge on any atom is -0.412 e. The van der Waals surface area contributed by atoms with Gasteiger partial charge in [0, 0.05) is 18.8 Å². The summed E-state index contributed by atoms with van der Waals surface area (Å²) in [7, 11) is -2.02. The van der Waals surface area contributed by atoms with Crippen molar-refractivity contribution >= 4 is 16.0 Å². The molecule has 0 aliphatic rings. The summed E-state index contributed by atoms with van der Waals surface area (Å²) in [4.78, 5) is 15.5. The van der Waals surface area contributed by atoms with E-state index in [0.29, 0.717) is 12.7 Å². The molecule has 0 fully saturated rings. The second-order valence-corrected chi connectivity index (χ2v) is 5.96. The molecule has 2 aromatic rings. The van der Waals surface area contributed by atoms with Gasteiger partial charge < -0.3 is 10.8 Å². The average molecular weight is 340 g/mol.